The molecule has 136 valence electrons. The fraction of sp³-hybridized carbons (Fsp3) is 0.375. The summed E-state index contributed by atoms with van der Waals surface area (Å²) < 4.78 is 4.70. The summed E-state index contributed by atoms with van der Waals surface area (Å²) in [6.07, 6.45) is 0. The molecule has 8 nitrogen and oxygen atoms in total. The maximum atomic E-state index is 11.8. The highest BCUT2D eigenvalue weighted by atomic mass is 35.5. The number of esters is 1. The van der Waals surface area contributed by atoms with Gasteiger partial charge < -0.3 is 20.7 Å². The number of nitrogens with one attached hydrogen (secondary N) is 3. The Labute approximate surface area is 150 Å². The molecule has 3 amide bonds. The van der Waals surface area contributed by atoms with Crippen molar-refractivity contribution in [3.8, 4) is 0 Å². The van der Waals surface area contributed by atoms with Gasteiger partial charge in [0.2, 0.25) is 5.91 Å². The van der Waals surface area contributed by atoms with E-state index in [9.17, 15) is 19.2 Å². The quantitative estimate of drug-likeness (QED) is 0.568. The van der Waals surface area contributed by atoms with E-state index in [1.165, 1.54) is 12.1 Å². The van der Waals surface area contributed by atoms with Crippen molar-refractivity contribution in [2.45, 2.75) is 19.9 Å². The molecule has 0 bridgehead atoms. The van der Waals surface area contributed by atoms with E-state index in [-0.39, 0.29) is 25.0 Å². The van der Waals surface area contributed by atoms with E-state index in [1.807, 2.05) is 0 Å². The minimum Gasteiger partial charge on any atom is -0.454 e. The standard InChI is InChI=1S/C16H20ClN3O5/c1-10(2)20-13(21)7-18-14(22)9-25-15(23)8-19-16(24)11-3-5-12(17)6-4-11/h3-6,10H,7-9H2,1-2H3,(H,18,22)(H,19,24)(H,20,21). The highest BCUT2D eigenvalue weighted by molar-refractivity contribution is 6.30. The van der Waals surface area contributed by atoms with Gasteiger partial charge >= 0.3 is 5.97 Å². The van der Waals surface area contributed by atoms with Crippen LogP contribution in [0.1, 0.15) is 24.2 Å². The second-order valence-electron chi connectivity index (χ2n) is 5.35. The smallest absolute Gasteiger partial charge is 0.325 e. The van der Waals surface area contributed by atoms with Crippen molar-refractivity contribution < 1.29 is 23.9 Å². The molecule has 0 aliphatic rings. The Bertz CT molecular complexity index is 631. The number of hydrogen-bond donors (Lipinski definition) is 3. The molecule has 0 spiro atoms. The Hall–Kier alpha value is -2.61. The van der Waals surface area contributed by atoms with Gasteiger partial charge in [-0.2, -0.15) is 0 Å². The zero-order valence-electron chi connectivity index (χ0n) is 13.9. The summed E-state index contributed by atoms with van der Waals surface area (Å²) in [6, 6.07) is 6.09. The van der Waals surface area contributed by atoms with E-state index < -0.39 is 24.4 Å². The molecule has 0 saturated heterocycles. The monoisotopic (exact) mass is 369 g/mol. The van der Waals surface area contributed by atoms with Crippen molar-refractivity contribution in [3.63, 3.8) is 0 Å². The number of amides is 3. The molecule has 25 heavy (non-hydrogen) atoms. The zero-order valence-corrected chi connectivity index (χ0v) is 14.7. The summed E-state index contributed by atoms with van der Waals surface area (Å²) in [7, 11) is 0. The molecule has 0 aliphatic carbocycles. The van der Waals surface area contributed by atoms with Crippen molar-refractivity contribution in [1.29, 1.82) is 0 Å². The number of benzene rings is 1. The lowest BCUT2D eigenvalue weighted by molar-refractivity contribution is -0.147. The fourth-order valence-electron chi connectivity index (χ4n) is 1.66. The predicted molar refractivity (Wildman–Crippen MR) is 91.0 cm³/mol. The van der Waals surface area contributed by atoms with E-state index >= 15 is 0 Å². The average molecular weight is 370 g/mol. The average Bonchev–Trinajstić information content (AvgIpc) is 2.56. The van der Waals surface area contributed by atoms with Crippen LogP contribution in [0.5, 0.6) is 0 Å². The lowest BCUT2D eigenvalue weighted by Gasteiger charge is -2.10. The highest BCUT2D eigenvalue weighted by Crippen LogP contribution is 2.09. The molecule has 0 atom stereocenters. The normalized spacial score (nSPS) is 10.1. The van der Waals surface area contributed by atoms with Crippen LogP contribution in [-0.2, 0) is 19.1 Å². The summed E-state index contributed by atoms with van der Waals surface area (Å²) >= 11 is 5.72. The number of rotatable bonds is 8. The van der Waals surface area contributed by atoms with Gasteiger partial charge in [-0.1, -0.05) is 11.6 Å². The number of halogens is 1. The van der Waals surface area contributed by atoms with E-state index in [4.69, 9.17) is 16.3 Å². The van der Waals surface area contributed by atoms with Gasteiger partial charge in [-0.25, -0.2) is 0 Å². The molecule has 0 radical (unpaired) electrons. The second kappa shape index (κ2) is 10.3. The van der Waals surface area contributed by atoms with Crippen LogP contribution in [0.25, 0.3) is 0 Å². The number of hydrogen-bond acceptors (Lipinski definition) is 5. The SMILES string of the molecule is CC(C)NC(=O)CNC(=O)COC(=O)CNC(=O)c1ccc(Cl)cc1. The Morgan fingerprint density at radius 2 is 1.64 bits per heavy atom. The van der Waals surface area contributed by atoms with E-state index in [1.54, 1.807) is 26.0 Å². The summed E-state index contributed by atoms with van der Waals surface area (Å²) in [5.41, 5.74) is 0.339. The van der Waals surface area contributed by atoms with E-state index in [0.29, 0.717) is 10.6 Å². The van der Waals surface area contributed by atoms with Gasteiger partial charge in [0.05, 0.1) is 6.54 Å². The summed E-state index contributed by atoms with van der Waals surface area (Å²) in [4.78, 5) is 46.1. The van der Waals surface area contributed by atoms with Gasteiger partial charge in [0, 0.05) is 16.6 Å². The topological polar surface area (TPSA) is 114 Å². The lowest BCUT2D eigenvalue weighted by atomic mass is 10.2. The summed E-state index contributed by atoms with van der Waals surface area (Å²) in [5, 5.41) is 7.76. The molecule has 0 saturated carbocycles. The van der Waals surface area contributed by atoms with Crippen LogP contribution in [0.2, 0.25) is 5.02 Å². The zero-order chi connectivity index (χ0) is 18.8. The van der Waals surface area contributed by atoms with Crippen molar-refractivity contribution in [2.75, 3.05) is 19.7 Å². The van der Waals surface area contributed by atoms with Crippen molar-refractivity contribution in [1.82, 2.24) is 16.0 Å². The predicted octanol–water partition coefficient (Wildman–Crippen LogP) is 0.254. The number of carbonyl (C=O) groups is 4. The molecule has 1 rings (SSSR count). The van der Waals surface area contributed by atoms with Crippen molar-refractivity contribution in [3.05, 3.63) is 34.9 Å². The largest absolute Gasteiger partial charge is 0.454 e. The molecular weight excluding hydrogens is 350 g/mol. The van der Waals surface area contributed by atoms with Crippen molar-refractivity contribution in [2.24, 2.45) is 0 Å². The first-order valence-corrected chi connectivity index (χ1v) is 7.91. The van der Waals surface area contributed by atoms with Crippen LogP contribution in [0.4, 0.5) is 0 Å². The molecular formula is C16H20ClN3O5. The maximum Gasteiger partial charge on any atom is 0.325 e. The second-order valence-corrected chi connectivity index (χ2v) is 5.79. The molecule has 0 unspecified atom stereocenters. The highest BCUT2D eigenvalue weighted by Gasteiger charge is 2.11. The van der Waals surface area contributed by atoms with Crippen LogP contribution < -0.4 is 16.0 Å². The third kappa shape index (κ3) is 8.71. The Morgan fingerprint density at radius 3 is 2.24 bits per heavy atom. The van der Waals surface area contributed by atoms with Crippen LogP contribution >= 0.6 is 11.6 Å². The van der Waals surface area contributed by atoms with Gasteiger partial charge in [0.1, 0.15) is 6.54 Å². The first-order chi connectivity index (χ1) is 11.8. The van der Waals surface area contributed by atoms with Crippen LogP contribution in [0.15, 0.2) is 24.3 Å². The summed E-state index contributed by atoms with van der Waals surface area (Å²) in [5.74, 6) is -2.20. The van der Waals surface area contributed by atoms with Gasteiger partial charge in [0.15, 0.2) is 6.61 Å². The minimum absolute atomic E-state index is 0.0357. The Balaban J connectivity index is 2.23. The third-order valence-electron chi connectivity index (χ3n) is 2.76. The molecule has 0 aliphatic heterocycles. The molecule has 3 N–H and O–H groups in total. The first kappa shape index (κ1) is 20.4. The van der Waals surface area contributed by atoms with E-state index in [0.717, 1.165) is 0 Å². The lowest BCUT2D eigenvalue weighted by Crippen LogP contribution is -2.41. The minimum atomic E-state index is -0.774. The number of carbonyl (C=O) groups excluding carboxylic acids is 4. The summed E-state index contributed by atoms with van der Waals surface area (Å²) in [6.45, 7) is 2.45. The van der Waals surface area contributed by atoms with Crippen molar-refractivity contribution >= 4 is 35.3 Å². The van der Waals surface area contributed by atoms with Crippen LogP contribution in [0.3, 0.4) is 0 Å². The third-order valence-corrected chi connectivity index (χ3v) is 3.01. The number of ether oxygens (including phenoxy) is 1. The van der Waals surface area contributed by atoms with Crippen LogP contribution in [0, 0.1) is 0 Å². The molecule has 1 aromatic carbocycles. The van der Waals surface area contributed by atoms with Gasteiger partial charge in [-0.15, -0.1) is 0 Å². The Morgan fingerprint density at radius 1 is 1.00 bits per heavy atom. The molecule has 0 heterocycles. The maximum absolute atomic E-state index is 11.8. The van der Waals surface area contributed by atoms with Gasteiger partial charge in [-0.05, 0) is 38.1 Å². The van der Waals surface area contributed by atoms with Gasteiger partial charge in [0.25, 0.3) is 11.8 Å². The molecule has 0 fully saturated rings. The molecule has 0 aromatic heterocycles. The first-order valence-electron chi connectivity index (χ1n) is 7.53. The van der Waals surface area contributed by atoms with Gasteiger partial charge in [-0.3, -0.25) is 19.2 Å². The van der Waals surface area contributed by atoms with E-state index in [2.05, 4.69) is 16.0 Å². The van der Waals surface area contributed by atoms with Crippen LogP contribution in [-0.4, -0.2) is 49.4 Å². The Kier molecular flexibility index (Phi) is 8.42. The molecule has 9 heteroatoms. The fourth-order valence-corrected chi connectivity index (χ4v) is 1.78. The molecule has 1 aromatic rings.